The fraction of sp³-hybridized carbons (Fsp3) is 0.412. The summed E-state index contributed by atoms with van der Waals surface area (Å²) >= 11 is 0. The Morgan fingerprint density at radius 2 is 1.96 bits per heavy atom. The molecular formula is C17H25N5O. The van der Waals surface area contributed by atoms with Crippen molar-refractivity contribution in [2.75, 3.05) is 12.4 Å². The van der Waals surface area contributed by atoms with E-state index in [1.54, 1.807) is 7.11 Å². The van der Waals surface area contributed by atoms with Crippen molar-refractivity contribution in [2.45, 2.75) is 33.2 Å². The van der Waals surface area contributed by atoms with Crippen LogP contribution >= 0.6 is 0 Å². The zero-order chi connectivity index (χ0) is 16.8. The quantitative estimate of drug-likeness (QED) is 0.634. The van der Waals surface area contributed by atoms with Crippen molar-refractivity contribution in [1.82, 2.24) is 9.78 Å². The molecule has 1 heterocycles. The number of guanidine groups is 1. The molecule has 0 fully saturated rings. The van der Waals surface area contributed by atoms with Crippen molar-refractivity contribution < 1.29 is 4.74 Å². The maximum Gasteiger partial charge on any atom is 0.193 e. The highest BCUT2D eigenvalue weighted by atomic mass is 16.5. The number of aromatic nitrogens is 2. The fourth-order valence-corrected chi connectivity index (χ4v) is 2.60. The number of hydrogen-bond donors (Lipinski definition) is 2. The smallest absolute Gasteiger partial charge is 0.193 e. The lowest BCUT2D eigenvalue weighted by Crippen LogP contribution is -2.22. The van der Waals surface area contributed by atoms with Gasteiger partial charge in [-0.3, -0.25) is 4.68 Å². The Morgan fingerprint density at radius 1 is 1.26 bits per heavy atom. The van der Waals surface area contributed by atoms with Gasteiger partial charge in [-0.05, 0) is 37.1 Å². The molecule has 0 spiro atoms. The van der Waals surface area contributed by atoms with E-state index in [0.717, 1.165) is 30.0 Å². The van der Waals surface area contributed by atoms with Gasteiger partial charge in [-0.1, -0.05) is 13.8 Å². The van der Waals surface area contributed by atoms with Gasteiger partial charge in [-0.2, -0.15) is 5.10 Å². The molecule has 0 saturated carbocycles. The first-order valence-corrected chi connectivity index (χ1v) is 7.83. The minimum Gasteiger partial charge on any atom is -0.497 e. The molecule has 2 rings (SSSR count). The number of hydrogen-bond acceptors (Lipinski definition) is 3. The van der Waals surface area contributed by atoms with Crippen molar-refractivity contribution in [2.24, 2.45) is 17.8 Å². The first-order valence-electron chi connectivity index (χ1n) is 7.83. The molecule has 1 aromatic heterocycles. The largest absolute Gasteiger partial charge is 0.497 e. The molecule has 1 aromatic carbocycles. The van der Waals surface area contributed by atoms with Gasteiger partial charge in [0.2, 0.25) is 0 Å². The molecule has 124 valence electrons. The molecule has 6 heteroatoms. The van der Waals surface area contributed by atoms with Crippen LogP contribution < -0.4 is 15.8 Å². The van der Waals surface area contributed by atoms with Gasteiger partial charge in [0.1, 0.15) is 5.75 Å². The molecule has 0 saturated heterocycles. The van der Waals surface area contributed by atoms with E-state index >= 15 is 0 Å². The maximum absolute atomic E-state index is 5.99. The molecule has 3 N–H and O–H groups in total. The number of nitrogens with two attached hydrogens (primary N) is 1. The van der Waals surface area contributed by atoms with E-state index in [4.69, 9.17) is 10.5 Å². The van der Waals surface area contributed by atoms with Gasteiger partial charge < -0.3 is 15.8 Å². The lowest BCUT2D eigenvalue weighted by atomic mass is 10.1. The molecule has 0 amide bonds. The number of nitrogens with one attached hydrogen (secondary N) is 1. The van der Waals surface area contributed by atoms with Crippen LogP contribution in [0.25, 0.3) is 0 Å². The minimum absolute atomic E-state index is 0.392. The number of nitrogens with zero attached hydrogens (tertiary/aromatic N) is 3. The summed E-state index contributed by atoms with van der Waals surface area (Å²) in [4.78, 5) is 4.46. The maximum atomic E-state index is 5.99. The summed E-state index contributed by atoms with van der Waals surface area (Å²) in [5, 5.41) is 7.64. The number of anilines is 1. The molecule has 0 aliphatic carbocycles. The molecule has 0 aliphatic heterocycles. The van der Waals surface area contributed by atoms with Crippen LogP contribution in [0.4, 0.5) is 5.69 Å². The van der Waals surface area contributed by atoms with Crippen LogP contribution in [0.15, 0.2) is 29.3 Å². The zero-order valence-electron chi connectivity index (χ0n) is 14.3. The number of methoxy groups -OCH3 is 1. The normalized spacial score (nSPS) is 11.6. The van der Waals surface area contributed by atoms with Crippen molar-refractivity contribution in [3.63, 3.8) is 0 Å². The second kappa shape index (κ2) is 7.67. The van der Waals surface area contributed by atoms with Crippen LogP contribution in [-0.2, 0) is 26.4 Å². The first kappa shape index (κ1) is 16.9. The van der Waals surface area contributed by atoms with Gasteiger partial charge in [0.25, 0.3) is 0 Å². The lowest BCUT2D eigenvalue weighted by Gasteiger charge is -2.07. The van der Waals surface area contributed by atoms with Gasteiger partial charge in [0, 0.05) is 24.0 Å². The van der Waals surface area contributed by atoms with Crippen molar-refractivity contribution in [1.29, 1.82) is 0 Å². The van der Waals surface area contributed by atoms with Crippen LogP contribution in [0.2, 0.25) is 0 Å². The van der Waals surface area contributed by atoms with E-state index in [0.29, 0.717) is 12.5 Å². The molecule has 0 radical (unpaired) electrons. The highest BCUT2D eigenvalue weighted by Gasteiger charge is 2.12. The van der Waals surface area contributed by atoms with E-state index in [1.165, 1.54) is 11.3 Å². The predicted octanol–water partition coefficient (Wildman–Crippen LogP) is 2.48. The van der Waals surface area contributed by atoms with Gasteiger partial charge >= 0.3 is 0 Å². The Kier molecular flexibility index (Phi) is 5.62. The second-order valence-corrected chi connectivity index (χ2v) is 5.26. The third kappa shape index (κ3) is 4.03. The average Bonchev–Trinajstić information content (AvgIpc) is 2.88. The standard InChI is InChI=1S/C17H25N5O/c1-5-15-14(16(6-2)22(3)21-15)11-19-17(18)20-12-7-9-13(23-4)10-8-12/h7-10H,5-6,11H2,1-4H3,(H3,18,19,20). The van der Waals surface area contributed by atoms with E-state index in [1.807, 2.05) is 36.0 Å². The van der Waals surface area contributed by atoms with Crippen LogP contribution in [0, 0.1) is 0 Å². The van der Waals surface area contributed by atoms with Crippen LogP contribution in [0.3, 0.4) is 0 Å². The van der Waals surface area contributed by atoms with Crippen molar-refractivity contribution in [3.05, 3.63) is 41.2 Å². The Balaban J connectivity index is 2.09. The summed E-state index contributed by atoms with van der Waals surface area (Å²) in [6, 6.07) is 7.56. The number of ether oxygens (including phenoxy) is 1. The predicted molar refractivity (Wildman–Crippen MR) is 93.9 cm³/mol. The molecule has 0 aliphatic rings. The van der Waals surface area contributed by atoms with Crippen molar-refractivity contribution in [3.8, 4) is 5.75 Å². The Morgan fingerprint density at radius 3 is 2.52 bits per heavy atom. The third-order valence-electron chi connectivity index (χ3n) is 3.80. The minimum atomic E-state index is 0.392. The second-order valence-electron chi connectivity index (χ2n) is 5.26. The highest BCUT2D eigenvalue weighted by molar-refractivity contribution is 5.92. The topological polar surface area (TPSA) is 77.5 Å². The first-order chi connectivity index (χ1) is 11.1. The molecule has 23 heavy (non-hydrogen) atoms. The summed E-state index contributed by atoms with van der Waals surface area (Å²) in [5.74, 6) is 1.20. The summed E-state index contributed by atoms with van der Waals surface area (Å²) in [7, 11) is 3.62. The number of aliphatic imine (C=N–C) groups is 1. The number of aryl methyl sites for hydroxylation is 2. The summed E-state index contributed by atoms with van der Waals surface area (Å²) in [5.41, 5.74) is 10.4. The monoisotopic (exact) mass is 315 g/mol. The summed E-state index contributed by atoms with van der Waals surface area (Å²) in [6.07, 6.45) is 1.82. The average molecular weight is 315 g/mol. The molecular weight excluding hydrogens is 290 g/mol. The lowest BCUT2D eigenvalue weighted by molar-refractivity contribution is 0.415. The van der Waals surface area contributed by atoms with Crippen LogP contribution in [-0.4, -0.2) is 22.8 Å². The van der Waals surface area contributed by atoms with E-state index in [-0.39, 0.29) is 0 Å². The van der Waals surface area contributed by atoms with E-state index in [9.17, 15) is 0 Å². The van der Waals surface area contributed by atoms with Gasteiger partial charge in [-0.15, -0.1) is 0 Å². The summed E-state index contributed by atoms with van der Waals surface area (Å²) < 4.78 is 7.08. The Hall–Kier alpha value is -2.50. The van der Waals surface area contributed by atoms with Gasteiger partial charge in [0.05, 0.1) is 19.3 Å². The number of rotatable bonds is 6. The Bertz CT molecular complexity index is 673. The van der Waals surface area contributed by atoms with Crippen molar-refractivity contribution >= 4 is 11.6 Å². The molecule has 0 unspecified atom stereocenters. The van der Waals surface area contributed by atoms with E-state index in [2.05, 4.69) is 29.3 Å². The van der Waals surface area contributed by atoms with Gasteiger partial charge in [-0.25, -0.2) is 4.99 Å². The molecule has 2 aromatic rings. The zero-order valence-corrected chi connectivity index (χ0v) is 14.3. The molecule has 0 bridgehead atoms. The molecule has 6 nitrogen and oxygen atoms in total. The summed E-state index contributed by atoms with van der Waals surface area (Å²) in [6.45, 7) is 4.77. The van der Waals surface area contributed by atoms with Crippen LogP contribution in [0.5, 0.6) is 5.75 Å². The fourth-order valence-electron chi connectivity index (χ4n) is 2.60. The third-order valence-corrected chi connectivity index (χ3v) is 3.80. The highest BCUT2D eigenvalue weighted by Crippen LogP contribution is 2.17. The SMILES string of the molecule is CCc1nn(C)c(CC)c1CN=C(N)Nc1ccc(OC)cc1. The van der Waals surface area contributed by atoms with Gasteiger partial charge in [0.15, 0.2) is 5.96 Å². The Labute approximate surface area is 137 Å². The van der Waals surface area contributed by atoms with Crippen LogP contribution in [0.1, 0.15) is 30.8 Å². The van der Waals surface area contributed by atoms with E-state index < -0.39 is 0 Å². The number of benzene rings is 1. The molecule has 0 atom stereocenters.